The predicted molar refractivity (Wildman–Crippen MR) is 64.8 cm³/mol. The molecule has 1 aromatic carbocycles. The maximum Gasteiger partial charge on any atom is 0.149 e. The Bertz CT molecular complexity index is 436. The van der Waals surface area contributed by atoms with Crippen LogP contribution in [0.2, 0.25) is 0 Å². The summed E-state index contributed by atoms with van der Waals surface area (Å²) in [5.41, 5.74) is 8.00. The Morgan fingerprint density at radius 2 is 2.00 bits per heavy atom. The van der Waals surface area contributed by atoms with Crippen LogP contribution in [-0.4, -0.2) is 9.78 Å². The molecular formula is C11H12BrN3. The number of aromatic nitrogens is 2. The highest BCUT2D eigenvalue weighted by atomic mass is 79.9. The van der Waals surface area contributed by atoms with Crippen molar-refractivity contribution in [3.63, 3.8) is 0 Å². The highest BCUT2D eigenvalue weighted by molar-refractivity contribution is 9.08. The number of benzene rings is 1. The van der Waals surface area contributed by atoms with Gasteiger partial charge in [0.1, 0.15) is 5.82 Å². The van der Waals surface area contributed by atoms with E-state index in [4.69, 9.17) is 5.73 Å². The van der Waals surface area contributed by atoms with Crippen molar-refractivity contribution in [3.8, 4) is 0 Å². The fourth-order valence-electron chi connectivity index (χ4n) is 1.43. The molecule has 0 aliphatic rings. The van der Waals surface area contributed by atoms with Crippen molar-refractivity contribution >= 4 is 21.7 Å². The van der Waals surface area contributed by atoms with E-state index in [1.54, 1.807) is 0 Å². The Kier molecular flexibility index (Phi) is 3.06. The summed E-state index contributed by atoms with van der Waals surface area (Å²) in [6, 6.07) is 10.2. The maximum atomic E-state index is 5.74. The summed E-state index contributed by atoms with van der Waals surface area (Å²) in [6.45, 7) is 0.762. The zero-order valence-corrected chi connectivity index (χ0v) is 9.81. The molecule has 0 aliphatic carbocycles. The van der Waals surface area contributed by atoms with E-state index < -0.39 is 0 Å². The first-order chi connectivity index (χ1) is 7.29. The highest BCUT2D eigenvalue weighted by Gasteiger charge is 2.03. The van der Waals surface area contributed by atoms with Gasteiger partial charge < -0.3 is 5.73 Å². The van der Waals surface area contributed by atoms with Gasteiger partial charge in [0.05, 0.1) is 6.54 Å². The molecule has 0 radical (unpaired) electrons. The second-order valence-electron chi connectivity index (χ2n) is 3.36. The molecule has 4 heteroatoms. The van der Waals surface area contributed by atoms with Crippen molar-refractivity contribution in [2.45, 2.75) is 11.9 Å². The molecule has 2 rings (SSSR count). The molecular weight excluding hydrogens is 254 g/mol. The monoisotopic (exact) mass is 265 g/mol. The number of hydrogen-bond donors (Lipinski definition) is 1. The molecule has 0 unspecified atom stereocenters. The lowest BCUT2D eigenvalue weighted by Crippen LogP contribution is -2.00. The molecule has 0 atom stereocenters. The standard InChI is InChI=1S/C11H12BrN3/c12-6-10-8-15(14-11(10)13)7-9-4-2-1-3-5-9/h1-5,8H,6-7H2,(H2,13,14). The molecule has 2 N–H and O–H groups in total. The van der Waals surface area contributed by atoms with Crippen LogP contribution in [0.4, 0.5) is 5.82 Å². The third kappa shape index (κ3) is 2.39. The molecule has 0 spiro atoms. The summed E-state index contributed by atoms with van der Waals surface area (Å²) in [7, 11) is 0. The topological polar surface area (TPSA) is 43.8 Å². The normalized spacial score (nSPS) is 10.5. The maximum absolute atomic E-state index is 5.74. The Morgan fingerprint density at radius 1 is 1.27 bits per heavy atom. The van der Waals surface area contributed by atoms with Crippen LogP contribution >= 0.6 is 15.9 Å². The number of halogens is 1. The average molecular weight is 266 g/mol. The van der Waals surface area contributed by atoms with Gasteiger partial charge in [0.2, 0.25) is 0 Å². The number of nitrogens with zero attached hydrogens (tertiary/aromatic N) is 2. The molecule has 3 nitrogen and oxygen atoms in total. The van der Waals surface area contributed by atoms with Crippen LogP contribution in [0.15, 0.2) is 36.5 Å². The molecule has 0 bridgehead atoms. The summed E-state index contributed by atoms with van der Waals surface area (Å²) in [5.74, 6) is 0.600. The smallest absolute Gasteiger partial charge is 0.149 e. The van der Waals surface area contributed by atoms with Crippen LogP contribution in [0, 0.1) is 0 Å². The number of rotatable bonds is 3. The molecule has 0 aliphatic heterocycles. The molecule has 15 heavy (non-hydrogen) atoms. The fraction of sp³-hybridized carbons (Fsp3) is 0.182. The number of anilines is 1. The minimum absolute atomic E-state index is 0.600. The number of nitrogens with two attached hydrogens (primary N) is 1. The zero-order chi connectivity index (χ0) is 10.7. The first-order valence-corrected chi connectivity index (χ1v) is 5.83. The van der Waals surface area contributed by atoms with E-state index in [2.05, 4.69) is 33.2 Å². The van der Waals surface area contributed by atoms with E-state index in [-0.39, 0.29) is 0 Å². The van der Waals surface area contributed by atoms with Crippen molar-refractivity contribution in [2.75, 3.05) is 5.73 Å². The Morgan fingerprint density at radius 3 is 2.60 bits per heavy atom. The lowest BCUT2D eigenvalue weighted by molar-refractivity contribution is 0.689. The van der Waals surface area contributed by atoms with Crippen molar-refractivity contribution in [1.82, 2.24) is 9.78 Å². The predicted octanol–water partition coefficient (Wildman–Crippen LogP) is 2.41. The van der Waals surface area contributed by atoms with Gasteiger partial charge in [-0.1, -0.05) is 46.3 Å². The lowest BCUT2D eigenvalue weighted by Gasteiger charge is -2.00. The summed E-state index contributed by atoms with van der Waals surface area (Å²) >= 11 is 3.37. The quantitative estimate of drug-likeness (QED) is 0.867. The van der Waals surface area contributed by atoms with Gasteiger partial charge in [-0.05, 0) is 5.56 Å². The minimum atomic E-state index is 0.600. The summed E-state index contributed by atoms with van der Waals surface area (Å²) in [5, 5.41) is 4.98. The van der Waals surface area contributed by atoms with Gasteiger partial charge in [-0.25, -0.2) is 0 Å². The second kappa shape index (κ2) is 4.49. The van der Waals surface area contributed by atoms with Gasteiger partial charge in [0.25, 0.3) is 0 Å². The fourth-order valence-corrected chi connectivity index (χ4v) is 1.86. The third-order valence-electron chi connectivity index (χ3n) is 2.20. The first-order valence-electron chi connectivity index (χ1n) is 4.71. The first kappa shape index (κ1) is 10.2. The molecule has 1 heterocycles. The lowest BCUT2D eigenvalue weighted by atomic mass is 10.2. The third-order valence-corrected chi connectivity index (χ3v) is 2.81. The van der Waals surface area contributed by atoms with E-state index in [1.165, 1.54) is 5.56 Å². The van der Waals surface area contributed by atoms with Crippen molar-refractivity contribution in [3.05, 3.63) is 47.7 Å². The van der Waals surface area contributed by atoms with Gasteiger partial charge in [-0.2, -0.15) is 5.10 Å². The van der Waals surface area contributed by atoms with Crippen LogP contribution in [0.25, 0.3) is 0 Å². The van der Waals surface area contributed by atoms with E-state index >= 15 is 0 Å². The molecule has 0 amide bonds. The summed E-state index contributed by atoms with van der Waals surface area (Å²) < 4.78 is 1.86. The molecule has 0 saturated heterocycles. The Balaban J connectivity index is 2.18. The zero-order valence-electron chi connectivity index (χ0n) is 8.23. The van der Waals surface area contributed by atoms with Gasteiger partial charge in [-0.15, -0.1) is 0 Å². The van der Waals surface area contributed by atoms with E-state index in [0.29, 0.717) is 5.82 Å². The average Bonchev–Trinajstić information content (AvgIpc) is 2.60. The number of nitrogen functional groups attached to an aromatic ring is 1. The van der Waals surface area contributed by atoms with Gasteiger partial charge in [0, 0.05) is 17.1 Å². The van der Waals surface area contributed by atoms with Crippen LogP contribution in [0.3, 0.4) is 0 Å². The molecule has 0 fully saturated rings. The van der Waals surface area contributed by atoms with E-state index in [9.17, 15) is 0 Å². The minimum Gasteiger partial charge on any atom is -0.382 e. The largest absolute Gasteiger partial charge is 0.382 e. The Hall–Kier alpha value is -1.29. The van der Waals surface area contributed by atoms with Gasteiger partial charge in [0.15, 0.2) is 0 Å². The summed E-state index contributed by atoms with van der Waals surface area (Å²) in [6.07, 6.45) is 1.97. The highest BCUT2D eigenvalue weighted by Crippen LogP contribution is 2.13. The summed E-state index contributed by atoms with van der Waals surface area (Å²) in [4.78, 5) is 0. The van der Waals surface area contributed by atoms with E-state index in [1.807, 2.05) is 29.1 Å². The van der Waals surface area contributed by atoms with Gasteiger partial charge in [-0.3, -0.25) is 4.68 Å². The SMILES string of the molecule is Nc1nn(Cc2ccccc2)cc1CBr. The van der Waals surface area contributed by atoms with Crippen LogP contribution < -0.4 is 5.73 Å². The molecule has 2 aromatic rings. The van der Waals surface area contributed by atoms with Crippen molar-refractivity contribution in [2.24, 2.45) is 0 Å². The second-order valence-corrected chi connectivity index (χ2v) is 3.92. The number of alkyl halides is 1. The van der Waals surface area contributed by atoms with Crippen molar-refractivity contribution in [1.29, 1.82) is 0 Å². The number of hydrogen-bond acceptors (Lipinski definition) is 2. The van der Waals surface area contributed by atoms with Gasteiger partial charge >= 0.3 is 0 Å². The van der Waals surface area contributed by atoms with Crippen LogP contribution in [0.1, 0.15) is 11.1 Å². The molecule has 0 saturated carbocycles. The van der Waals surface area contributed by atoms with Crippen molar-refractivity contribution < 1.29 is 0 Å². The molecule has 1 aromatic heterocycles. The Labute approximate surface area is 97.0 Å². The van der Waals surface area contributed by atoms with Crippen LogP contribution in [-0.2, 0) is 11.9 Å². The molecule has 78 valence electrons. The van der Waals surface area contributed by atoms with Crippen LogP contribution in [0.5, 0.6) is 0 Å². The van der Waals surface area contributed by atoms with E-state index in [0.717, 1.165) is 17.4 Å².